The van der Waals surface area contributed by atoms with Crippen LogP contribution in [0.5, 0.6) is 5.75 Å². The van der Waals surface area contributed by atoms with E-state index in [-0.39, 0.29) is 16.8 Å². The molecule has 1 unspecified atom stereocenters. The fraction of sp³-hybridized carbons (Fsp3) is 0.200. The fourth-order valence-corrected chi connectivity index (χ4v) is 2.48. The van der Waals surface area contributed by atoms with Gasteiger partial charge in [-0.1, -0.05) is 0 Å². The normalized spacial score (nSPS) is 12.9. The van der Waals surface area contributed by atoms with Crippen LogP contribution in [0.1, 0.15) is 17.8 Å². The van der Waals surface area contributed by atoms with Crippen LogP contribution in [0, 0.1) is 0 Å². The molecule has 1 aromatic heterocycles. The zero-order valence-corrected chi connectivity index (χ0v) is 9.68. The van der Waals surface area contributed by atoms with E-state index in [0.717, 1.165) is 15.2 Å². The van der Waals surface area contributed by atoms with E-state index >= 15 is 0 Å². The summed E-state index contributed by atoms with van der Waals surface area (Å²) in [6.07, 6.45) is 0. The number of phenolic OH excluding ortho intramolecular Hbond substituents is 1. The molecule has 2 aromatic rings. The quantitative estimate of drug-likeness (QED) is 0.792. The number of aromatic hydroxyl groups is 1. The Bertz CT molecular complexity index is 521. The molecule has 78 valence electrons. The molecule has 0 spiro atoms. The Morgan fingerprint density at radius 3 is 3.00 bits per heavy atom. The molecule has 0 aliphatic heterocycles. The topological polar surface area (TPSA) is 50.2 Å². The molecule has 15 heavy (non-hydrogen) atoms. The Morgan fingerprint density at radius 2 is 2.33 bits per heavy atom. The molecule has 0 bridgehead atoms. The molecular formula is C10H9NO2S2. The van der Waals surface area contributed by atoms with Crippen LogP contribution < -0.4 is 0 Å². The molecule has 0 aliphatic carbocycles. The highest BCUT2D eigenvalue weighted by Crippen LogP contribution is 2.30. The third-order valence-electron chi connectivity index (χ3n) is 2.13. The van der Waals surface area contributed by atoms with Crippen LogP contribution in [0.4, 0.5) is 0 Å². The number of hydrogen-bond donors (Lipinski definition) is 2. The van der Waals surface area contributed by atoms with Crippen LogP contribution in [0.15, 0.2) is 18.2 Å². The first-order valence-corrected chi connectivity index (χ1v) is 5.66. The highest BCUT2D eigenvalue weighted by atomic mass is 32.1. The average Bonchev–Trinajstić information content (AvgIpc) is 2.58. The van der Waals surface area contributed by atoms with Gasteiger partial charge in [0.15, 0.2) is 5.12 Å². The summed E-state index contributed by atoms with van der Waals surface area (Å²) in [6.45, 7) is 1.77. The van der Waals surface area contributed by atoms with Crippen molar-refractivity contribution in [3.05, 3.63) is 23.2 Å². The second-order valence-electron chi connectivity index (χ2n) is 3.26. The molecule has 0 aliphatic rings. The first-order valence-electron chi connectivity index (χ1n) is 4.40. The van der Waals surface area contributed by atoms with Gasteiger partial charge < -0.3 is 5.11 Å². The van der Waals surface area contributed by atoms with E-state index in [4.69, 9.17) is 0 Å². The highest BCUT2D eigenvalue weighted by Gasteiger charge is 2.16. The molecule has 5 heteroatoms. The summed E-state index contributed by atoms with van der Waals surface area (Å²) in [5, 5.41) is 9.82. The number of carbonyl (C=O) groups excluding carboxylic acids is 1. The van der Waals surface area contributed by atoms with Gasteiger partial charge in [0.1, 0.15) is 10.8 Å². The van der Waals surface area contributed by atoms with Gasteiger partial charge in [-0.3, -0.25) is 4.79 Å². The van der Waals surface area contributed by atoms with Gasteiger partial charge in [0.25, 0.3) is 0 Å². The van der Waals surface area contributed by atoms with Gasteiger partial charge in [-0.2, -0.15) is 0 Å². The number of benzene rings is 1. The molecule has 0 amide bonds. The van der Waals surface area contributed by atoms with E-state index in [0.29, 0.717) is 0 Å². The van der Waals surface area contributed by atoms with Gasteiger partial charge in [-0.15, -0.1) is 24.0 Å². The maximum atomic E-state index is 11.1. The number of aromatic nitrogens is 1. The Balaban J connectivity index is 2.51. The van der Waals surface area contributed by atoms with Crippen molar-refractivity contribution in [2.45, 2.75) is 12.8 Å². The number of hydrogen-bond acceptors (Lipinski definition) is 4. The number of thiazole rings is 1. The zero-order valence-electron chi connectivity index (χ0n) is 7.97. The lowest BCUT2D eigenvalue weighted by Gasteiger charge is -1.99. The molecule has 1 N–H and O–H groups in total. The van der Waals surface area contributed by atoms with Crippen molar-refractivity contribution >= 4 is 39.3 Å². The Kier molecular flexibility index (Phi) is 2.67. The van der Waals surface area contributed by atoms with Gasteiger partial charge >= 0.3 is 0 Å². The van der Waals surface area contributed by atoms with Crippen molar-refractivity contribution in [3.8, 4) is 5.75 Å². The molecule has 3 nitrogen and oxygen atoms in total. The summed E-state index contributed by atoms with van der Waals surface area (Å²) in [5.41, 5.74) is 0.800. The minimum atomic E-state index is -0.298. The molecule has 0 saturated heterocycles. The molecule has 0 saturated carbocycles. The standard InChI is InChI=1S/C10H9NO2S2/c1-5(10(13)14)9-11-7-3-2-6(12)4-8(7)15-9/h2-5,12H,1H3,(H,13,14). The lowest BCUT2D eigenvalue weighted by molar-refractivity contribution is -0.111. The molecular weight excluding hydrogens is 230 g/mol. The van der Waals surface area contributed by atoms with Gasteiger partial charge in [0, 0.05) is 0 Å². The Labute approximate surface area is 96.2 Å². The van der Waals surface area contributed by atoms with Crippen molar-refractivity contribution < 1.29 is 9.90 Å². The molecule has 0 fully saturated rings. The average molecular weight is 239 g/mol. The van der Waals surface area contributed by atoms with Gasteiger partial charge in [-0.25, -0.2) is 4.98 Å². The van der Waals surface area contributed by atoms with Gasteiger partial charge in [-0.05, 0) is 25.1 Å². The van der Waals surface area contributed by atoms with Crippen molar-refractivity contribution in [2.24, 2.45) is 0 Å². The summed E-state index contributed by atoms with van der Waals surface area (Å²) in [4.78, 5) is 15.4. The van der Waals surface area contributed by atoms with E-state index in [2.05, 4.69) is 17.6 Å². The van der Waals surface area contributed by atoms with Crippen LogP contribution in [-0.4, -0.2) is 15.2 Å². The second-order valence-corrected chi connectivity index (χ2v) is 4.77. The number of nitrogens with zero attached hydrogens (tertiary/aromatic N) is 1. The van der Waals surface area contributed by atoms with Crippen LogP contribution >= 0.6 is 24.0 Å². The lowest BCUT2D eigenvalue weighted by Crippen LogP contribution is -2.00. The largest absolute Gasteiger partial charge is 0.508 e. The van der Waals surface area contributed by atoms with Crippen LogP contribution in [0.2, 0.25) is 0 Å². The first-order chi connectivity index (χ1) is 7.08. The summed E-state index contributed by atoms with van der Waals surface area (Å²) in [6, 6.07) is 4.96. The summed E-state index contributed by atoms with van der Waals surface area (Å²) in [7, 11) is 0. The summed E-state index contributed by atoms with van der Waals surface area (Å²) < 4.78 is 0.881. The molecule has 1 aromatic carbocycles. The lowest BCUT2D eigenvalue weighted by atomic mass is 10.2. The van der Waals surface area contributed by atoms with E-state index in [1.54, 1.807) is 25.1 Å². The Morgan fingerprint density at radius 1 is 1.60 bits per heavy atom. The predicted molar refractivity (Wildman–Crippen MR) is 63.7 cm³/mol. The van der Waals surface area contributed by atoms with E-state index in [1.807, 2.05) is 0 Å². The number of thiol groups is 1. The fourth-order valence-electron chi connectivity index (χ4n) is 1.22. The van der Waals surface area contributed by atoms with Crippen molar-refractivity contribution in [3.63, 3.8) is 0 Å². The number of rotatable bonds is 2. The van der Waals surface area contributed by atoms with E-state index in [9.17, 15) is 9.90 Å². The van der Waals surface area contributed by atoms with E-state index < -0.39 is 0 Å². The van der Waals surface area contributed by atoms with Crippen LogP contribution in [0.25, 0.3) is 10.2 Å². The number of fused-ring (bicyclic) bond motifs is 1. The van der Waals surface area contributed by atoms with Crippen LogP contribution in [-0.2, 0) is 4.79 Å². The maximum Gasteiger partial charge on any atom is 0.195 e. The SMILES string of the molecule is CC(C(=O)S)c1nc2ccc(O)cc2s1. The zero-order chi connectivity index (χ0) is 11.0. The van der Waals surface area contributed by atoms with Gasteiger partial charge in [0.05, 0.1) is 16.1 Å². The Hall–Kier alpha value is -1.07. The smallest absolute Gasteiger partial charge is 0.195 e. The van der Waals surface area contributed by atoms with Crippen molar-refractivity contribution in [1.82, 2.24) is 4.98 Å². The third kappa shape index (κ3) is 1.98. The summed E-state index contributed by atoms with van der Waals surface area (Å²) in [5.74, 6) is -0.0876. The summed E-state index contributed by atoms with van der Waals surface area (Å²) >= 11 is 5.19. The van der Waals surface area contributed by atoms with Crippen LogP contribution in [0.3, 0.4) is 0 Å². The monoisotopic (exact) mass is 239 g/mol. The third-order valence-corrected chi connectivity index (χ3v) is 3.72. The number of phenols is 1. The maximum absolute atomic E-state index is 11.1. The molecule has 1 atom stereocenters. The minimum absolute atomic E-state index is 0.196. The molecule has 2 rings (SSSR count). The van der Waals surface area contributed by atoms with Crippen molar-refractivity contribution in [1.29, 1.82) is 0 Å². The second kappa shape index (κ2) is 3.83. The minimum Gasteiger partial charge on any atom is -0.508 e. The van der Waals surface area contributed by atoms with Crippen molar-refractivity contribution in [2.75, 3.05) is 0 Å². The molecule has 0 radical (unpaired) electrons. The number of carbonyl (C=O) groups is 1. The highest BCUT2D eigenvalue weighted by molar-refractivity contribution is 7.96. The molecule has 1 heterocycles. The van der Waals surface area contributed by atoms with E-state index in [1.165, 1.54) is 11.3 Å². The first kappa shape index (κ1) is 10.4. The van der Waals surface area contributed by atoms with Gasteiger partial charge in [0.2, 0.25) is 0 Å². The predicted octanol–water partition coefficient (Wildman–Crippen LogP) is 2.56.